The van der Waals surface area contributed by atoms with E-state index in [0.29, 0.717) is 5.56 Å². The van der Waals surface area contributed by atoms with E-state index in [1.54, 1.807) is 6.07 Å². The maximum Gasteiger partial charge on any atom is 0.126 e. The van der Waals surface area contributed by atoms with Crippen LogP contribution in [0, 0.1) is 15.2 Å². The van der Waals surface area contributed by atoms with E-state index in [2.05, 4.69) is 38.5 Å². The Morgan fingerprint density at radius 1 is 1.16 bits per heavy atom. The van der Waals surface area contributed by atoms with E-state index in [1.165, 1.54) is 0 Å². The summed E-state index contributed by atoms with van der Waals surface area (Å²) in [6.45, 7) is 0. The third kappa shape index (κ3) is 3.73. The fraction of sp³-hybridized carbons (Fsp3) is 0.143. The number of aliphatic hydroxyl groups is 1. The zero-order chi connectivity index (χ0) is 14.0. The highest BCUT2D eigenvalue weighted by Gasteiger charge is 2.15. The second-order valence-corrected chi connectivity index (χ2v) is 6.20. The molecule has 2 aromatic rings. The molecule has 1 nitrogen and oxygen atoms in total. The van der Waals surface area contributed by atoms with Gasteiger partial charge in [0.25, 0.3) is 0 Å². The molecule has 0 aliphatic rings. The molecular formula is C14H10BrF2IO. The van der Waals surface area contributed by atoms with E-state index in [0.717, 1.165) is 26.2 Å². The first-order chi connectivity index (χ1) is 8.97. The number of benzene rings is 2. The summed E-state index contributed by atoms with van der Waals surface area (Å²) in [5.41, 5.74) is 0.863. The van der Waals surface area contributed by atoms with Gasteiger partial charge >= 0.3 is 0 Å². The van der Waals surface area contributed by atoms with Crippen molar-refractivity contribution in [3.8, 4) is 0 Å². The monoisotopic (exact) mass is 438 g/mol. The molecule has 0 saturated carbocycles. The lowest BCUT2D eigenvalue weighted by Crippen LogP contribution is -2.06. The van der Waals surface area contributed by atoms with Crippen molar-refractivity contribution in [2.24, 2.45) is 0 Å². The minimum Gasteiger partial charge on any atom is -0.388 e. The van der Waals surface area contributed by atoms with Crippen molar-refractivity contribution in [2.75, 3.05) is 0 Å². The van der Waals surface area contributed by atoms with Gasteiger partial charge in [0.1, 0.15) is 11.6 Å². The van der Waals surface area contributed by atoms with Crippen molar-refractivity contribution in [3.63, 3.8) is 0 Å². The first-order valence-corrected chi connectivity index (χ1v) is 7.41. The molecule has 100 valence electrons. The molecule has 0 aliphatic carbocycles. The largest absolute Gasteiger partial charge is 0.388 e. The lowest BCUT2D eigenvalue weighted by Gasteiger charge is -2.14. The van der Waals surface area contributed by atoms with Crippen LogP contribution in [0.3, 0.4) is 0 Å². The predicted molar refractivity (Wildman–Crippen MR) is 81.9 cm³/mol. The maximum absolute atomic E-state index is 13.5. The summed E-state index contributed by atoms with van der Waals surface area (Å²) < 4.78 is 28.3. The van der Waals surface area contributed by atoms with E-state index >= 15 is 0 Å². The summed E-state index contributed by atoms with van der Waals surface area (Å²) in [6.07, 6.45) is -0.837. The van der Waals surface area contributed by atoms with Crippen molar-refractivity contribution in [2.45, 2.75) is 12.5 Å². The predicted octanol–water partition coefficient (Wildman–Crippen LogP) is 4.61. The van der Waals surface area contributed by atoms with Crippen LogP contribution < -0.4 is 0 Å². The topological polar surface area (TPSA) is 20.2 Å². The van der Waals surface area contributed by atoms with Crippen LogP contribution in [0.15, 0.2) is 40.9 Å². The molecule has 0 aliphatic heterocycles. The fourth-order valence-electron chi connectivity index (χ4n) is 1.79. The quantitative estimate of drug-likeness (QED) is 0.694. The zero-order valence-corrected chi connectivity index (χ0v) is 13.5. The molecule has 5 heteroatoms. The zero-order valence-electron chi connectivity index (χ0n) is 9.71. The van der Waals surface area contributed by atoms with Gasteiger partial charge in [0.2, 0.25) is 0 Å². The molecule has 0 spiro atoms. The third-order valence-electron chi connectivity index (χ3n) is 2.74. The summed E-state index contributed by atoms with van der Waals surface area (Å²) in [6, 6.07) is 8.75. The van der Waals surface area contributed by atoms with Crippen LogP contribution in [0.4, 0.5) is 8.78 Å². The highest BCUT2D eigenvalue weighted by atomic mass is 127. The molecule has 0 radical (unpaired) electrons. The van der Waals surface area contributed by atoms with Gasteiger partial charge < -0.3 is 5.11 Å². The van der Waals surface area contributed by atoms with Crippen LogP contribution in [-0.2, 0) is 6.42 Å². The lowest BCUT2D eigenvalue weighted by molar-refractivity contribution is 0.176. The van der Waals surface area contributed by atoms with Crippen LogP contribution in [-0.4, -0.2) is 5.11 Å². The van der Waals surface area contributed by atoms with E-state index in [-0.39, 0.29) is 12.0 Å². The van der Waals surface area contributed by atoms with Crippen molar-refractivity contribution < 1.29 is 13.9 Å². The Morgan fingerprint density at radius 3 is 2.63 bits per heavy atom. The van der Waals surface area contributed by atoms with E-state index in [1.807, 2.05) is 12.1 Å². The molecule has 0 bridgehead atoms. The molecule has 0 aromatic heterocycles. The standard InChI is InChI=1S/C14H10BrF2IO/c15-9-1-4-13(18)11(7-9)14(19)6-8-5-10(16)2-3-12(8)17/h1-5,7,14,19H,6H2. The smallest absolute Gasteiger partial charge is 0.126 e. The molecule has 0 amide bonds. The number of halogens is 4. The van der Waals surface area contributed by atoms with Crippen molar-refractivity contribution in [1.29, 1.82) is 0 Å². The van der Waals surface area contributed by atoms with E-state index in [4.69, 9.17) is 0 Å². The highest BCUT2D eigenvalue weighted by molar-refractivity contribution is 14.1. The number of hydrogen-bond donors (Lipinski definition) is 1. The van der Waals surface area contributed by atoms with E-state index < -0.39 is 17.7 Å². The Kier molecular flexibility index (Phi) is 4.92. The molecule has 0 heterocycles. The summed E-state index contributed by atoms with van der Waals surface area (Å²) in [4.78, 5) is 0. The van der Waals surface area contributed by atoms with Gasteiger partial charge in [-0.3, -0.25) is 0 Å². The summed E-state index contributed by atoms with van der Waals surface area (Å²) in [7, 11) is 0. The molecule has 1 atom stereocenters. The molecule has 2 aromatic carbocycles. The first kappa shape index (κ1) is 14.9. The van der Waals surface area contributed by atoms with Gasteiger partial charge in [0.15, 0.2) is 0 Å². The Balaban J connectivity index is 2.27. The average molecular weight is 439 g/mol. The minimum absolute atomic E-state index is 0.0377. The van der Waals surface area contributed by atoms with Gasteiger partial charge in [-0.15, -0.1) is 0 Å². The van der Waals surface area contributed by atoms with Gasteiger partial charge in [-0.1, -0.05) is 15.9 Å². The minimum atomic E-state index is -0.874. The van der Waals surface area contributed by atoms with Crippen LogP contribution in [0.1, 0.15) is 17.2 Å². The molecule has 2 rings (SSSR count). The summed E-state index contributed by atoms with van der Waals surface area (Å²) in [5.74, 6) is -1.02. The third-order valence-corrected chi connectivity index (χ3v) is 4.21. The Labute approximate surface area is 131 Å². The van der Waals surface area contributed by atoms with Crippen LogP contribution >= 0.6 is 38.5 Å². The van der Waals surface area contributed by atoms with Gasteiger partial charge in [-0.2, -0.15) is 0 Å². The molecule has 1 unspecified atom stereocenters. The lowest BCUT2D eigenvalue weighted by atomic mass is 10.0. The Morgan fingerprint density at radius 2 is 1.89 bits per heavy atom. The van der Waals surface area contributed by atoms with Gasteiger partial charge in [-0.05, 0) is 70.1 Å². The molecule has 0 saturated heterocycles. The van der Waals surface area contributed by atoms with Gasteiger partial charge in [0.05, 0.1) is 6.10 Å². The average Bonchev–Trinajstić information content (AvgIpc) is 2.36. The second kappa shape index (κ2) is 6.28. The Bertz CT molecular complexity index is 604. The maximum atomic E-state index is 13.5. The van der Waals surface area contributed by atoms with Crippen LogP contribution in [0.5, 0.6) is 0 Å². The van der Waals surface area contributed by atoms with Crippen molar-refractivity contribution >= 4 is 38.5 Å². The summed E-state index contributed by atoms with van der Waals surface area (Å²) >= 11 is 5.43. The Hall–Kier alpha value is -0.530. The number of aliphatic hydroxyl groups excluding tert-OH is 1. The second-order valence-electron chi connectivity index (χ2n) is 4.12. The number of rotatable bonds is 3. The molecule has 19 heavy (non-hydrogen) atoms. The highest BCUT2D eigenvalue weighted by Crippen LogP contribution is 2.27. The van der Waals surface area contributed by atoms with Gasteiger partial charge in [0, 0.05) is 14.5 Å². The van der Waals surface area contributed by atoms with Crippen molar-refractivity contribution in [1.82, 2.24) is 0 Å². The summed E-state index contributed by atoms with van der Waals surface area (Å²) in [5, 5.41) is 10.2. The normalized spacial score (nSPS) is 12.5. The molecular weight excluding hydrogens is 429 g/mol. The number of hydrogen-bond acceptors (Lipinski definition) is 1. The molecule has 1 N–H and O–H groups in total. The fourth-order valence-corrected chi connectivity index (χ4v) is 2.86. The van der Waals surface area contributed by atoms with Crippen LogP contribution in [0.25, 0.3) is 0 Å². The van der Waals surface area contributed by atoms with Crippen LogP contribution in [0.2, 0.25) is 0 Å². The van der Waals surface area contributed by atoms with Gasteiger partial charge in [-0.25, -0.2) is 8.78 Å². The van der Waals surface area contributed by atoms with E-state index in [9.17, 15) is 13.9 Å². The van der Waals surface area contributed by atoms with Crippen molar-refractivity contribution in [3.05, 3.63) is 67.2 Å². The SMILES string of the molecule is OC(Cc1cc(F)ccc1F)c1cc(Br)ccc1I. The first-order valence-electron chi connectivity index (χ1n) is 5.54. The molecule has 0 fully saturated rings.